The molecular formula is C55H93N2O6P. The van der Waals surface area contributed by atoms with E-state index in [9.17, 15) is 19.4 Å². The van der Waals surface area contributed by atoms with Crippen LogP contribution in [0.4, 0.5) is 0 Å². The lowest BCUT2D eigenvalue weighted by molar-refractivity contribution is -0.870. The van der Waals surface area contributed by atoms with Gasteiger partial charge in [0.2, 0.25) is 5.91 Å². The first-order valence-electron chi connectivity index (χ1n) is 24.9. The Bertz CT molecular complexity index is 1450. The Morgan fingerprint density at radius 1 is 0.562 bits per heavy atom. The molecule has 1 amide bonds. The van der Waals surface area contributed by atoms with Crippen molar-refractivity contribution in [3.63, 3.8) is 0 Å². The number of hydrogen-bond donors (Lipinski definition) is 2. The smallest absolute Gasteiger partial charge is 0.268 e. The monoisotopic (exact) mass is 909 g/mol. The topological polar surface area (TPSA) is 108 Å². The van der Waals surface area contributed by atoms with E-state index in [1.54, 1.807) is 0 Å². The molecule has 0 radical (unpaired) electrons. The van der Waals surface area contributed by atoms with E-state index in [0.29, 0.717) is 23.9 Å². The Kier molecular flexibility index (Phi) is 42.9. The molecule has 0 saturated heterocycles. The molecule has 9 heteroatoms. The molecule has 0 spiro atoms. The van der Waals surface area contributed by atoms with Crippen LogP contribution in [0, 0.1) is 0 Å². The lowest BCUT2D eigenvalue weighted by atomic mass is 10.0. The van der Waals surface area contributed by atoms with Crippen molar-refractivity contribution in [2.45, 2.75) is 180 Å². The van der Waals surface area contributed by atoms with E-state index in [1.165, 1.54) is 25.7 Å². The number of carbonyl (C=O) groups excluding carboxylic acids is 1. The standard InChI is InChI=1S/C55H93N2O6P/c1-6-8-10-11-12-13-14-15-16-17-18-19-20-21-22-23-24-25-26-27-28-29-30-31-32-33-34-35-36-37-38-39-40-41-42-43-44-45-47-49-55(59)56-53(54(58)48-46-9-7-2)52-63-64(60,61)62-51-50-57(3,4)5/h8,10,12-13,15-16,18-19,21-22,24-25,27-28,30-31,33-34,36-37,53-54,58H,6-7,9,11,14,17,20,23,26,29,32,35,38-52H2,1-5H3,(H-,56,59,60,61)/b10-8-,13-12-,16-15-,19-18-,22-21-,25-24-,28-27-,31-30-,34-33-,37-36-. The molecule has 3 atom stereocenters. The molecule has 0 heterocycles. The second kappa shape index (κ2) is 45.1. The van der Waals surface area contributed by atoms with E-state index in [-0.39, 0.29) is 19.1 Å². The minimum Gasteiger partial charge on any atom is -0.756 e. The van der Waals surface area contributed by atoms with Gasteiger partial charge >= 0.3 is 0 Å². The van der Waals surface area contributed by atoms with E-state index in [1.807, 2.05) is 21.1 Å². The molecule has 0 rings (SSSR count). The van der Waals surface area contributed by atoms with Crippen LogP contribution in [0.15, 0.2) is 122 Å². The van der Waals surface area contributed by atoms with E-state index in [2.05, 4.69) is 141 Å². The summed E-state index contributed by atoms with van der Waals surface area (Å²) in [5.41, 5.74) is 0. The largest absolute Gasteiger partial charge is 0.756 e. The number of unbranched alkanes of at least 4 members (excludes halogenated alkanes) is 10. The zero-order valence-electron chi connectivity index (χ0n) is 41.2. The normalized spacial score (nSPS) is 15.2. The van der Waals surface area contributed by atoms with Crippen LogP contribution in [0.25, 0.3) is 0 Å². The Morgan fingerprint density at radius 3 is 1.36 bits per heavy atom. The van der Waals surface area contributed by atoms with Crippen LogP contribution in [0.2, 0.25) is 0 Å². The molecule has 0 aliphatic rings. The minimum absolute atomic E-state index is 0.00249. The van der Waals surface area contributed by atoms with Crippen LogP contribution in [-0.4, -0.2) is 68.5 Å². The molecule has 0 fully saturated rings. The quantitative estimate of drug-likeness (QED) is 0.0273. The number of rotatable bonds is 43. The van der Waals surface area contributed by atoms with Crippen molar-refractivity contribution in [3.05, 3.63) is 122 Å². The number of carbonyl (C=O) groups is 1. The van der Waals surface area contributed by atoms with Gasteiger partial charge in [0.25, 0.3) is 7.82 Å². The fourth-order valence-corrected chi connectivity index (χ4v) is 7.02. The molecular weight excluding hydrogens is 816 g/mol. The van der Waals surface area contributed by atoms with Gasteiger partial charge < -0.3 is 28.8 Å². The summed E-state index contributed by atoms with van der Waals surface area (Å²) >= 11 is 0. The zero-order valence-corrected chi connectivity index (χ0v) is 42.1. The Hall–Kier alpha value is -3.10. The summed E-state index contributed by atoms with van der Waals surface area (Å²) in [7, 11) is 1.27. The maximum Gasteiger partial charge on any atom is 0.268 e. The molecule has 0 aliphatic heterocycles. The molecule has 0 saturated carbocycles. The predicted molar refractivity (Wildman–Crippen MR) is 274 cm³/mol. The second-order valence-electron chi connectivity index (χ2n) is 17.4. The maximum absolute atomic E-state index is 12.7. The van der Waals surface area contributed by atoms with E-state index < -0.39 is 20.0 Å². The van der Waals surface area contributed by atoms with Gasteiger partial charge in [-0.3, -0.25) is 9.36 Å². The molecule has 3 unspecified atom stereocenters. The number of aliphatic hydroxyl groups is 1. The van der Waals surface area contributed by atoms with Gasteiger partial charge in [-0.25, -0.2) is 0 Å². The van der Waals surface area contributed by atoms with Gasteiger partial charge in [0, 0.05) is 6.42 Å². The number of phosphoric ester groups is 1. The Balaban J connectivity index is 3.89. The average molecular weight is 909 g/mol. The van der Waals surface area contributed by atoms with Crippen molar-refractivity contribution in [2.24, 2.45) is 0 Å². The highest BCUT2D eigenvalue weighted by molar-refractivity contribution is 7.45. The van der Waals surface area contributed by atoms with Gasteiger partial charge in [-0.05, 0) is 89.9 Å². The molecule has 0 aromatic heterocycles. The first-order chi connectivity index (χ1) is 31.0. The number of nitrogens with zero attached hydrogens (tertiary/aromatic N) is 1. The predicted octanol–water partition coefficient (Wildman–Crippen LogP) is 14.0. The van der Waals surface area contributed by atoms with Crippen molar-refractivity contribution in [2.75, 3.05) is 40.9 Å². The summed E-state index contributed by atoms with van der Waals surface area (Å²) in [5, 5.41) is 13.6. The Morgan fingerprint density at radius 2 is 0.953 bits per heavy atom. The fraction of sp³-hybridized carbons (Fsp3) is 0.618. The summed E-state index contributed by atoms with van der Waals surface area (Å²) in [6, 6.07) is -0.808. The number of phosphoric acid groups is 1. The van der Waals surface area contributed by atoms with Gasteiger partial charge in [0.15, 0.2) is 0 Å². The lowest BCUT2D eigenvalue weighted by Crippen LogP contribution is -2.46. The third kappa shape index (κ3) is 46.9. The third-order valence-corrected chi connectivity index (χ3v) is 11.2. The molecule has 0 aliphatic carbocycles. The van der Waals surface area contributed by atoms with Crippen LogP contribution < -0.4 is 10.2 Å². The van der Waals surface area contributed by atoms with Crippen LogP contribution in [0.1, 0.15) is 168 Å². The molecule has 364 valence electrons. The van der Waals surface area contributed by atoms with Crippen molar-refractivity contribution < 1.29 is 32.9 Å². The number of allylic oxidation sites excluding steroid dienone is 20. The Labute approximate surface area is 393 Å². The highest BCUT2D eigenvalue weighted by atomic mass is 31.2. The van der Waals surface area contributed by atoms with Crippen molar-refractivity contribution in [1.82, 2.24) is 5.32 Å². The van der Waals surface area contributed by atoms with Gasteiger partial charge in [-0.15, -0.1) is 0 Å². The summed E-state index contributed by atoms with van der Waals surface area (Å²) in [4.78, 5) is 25.0. The first kappa shape index (κ1) is 60.9. The highest BCUT2D eigenvalue weighted by Crippen LogP contribution is 2.38. The van der Waals surface area contributed by atoms with Crippen molar-refractivity contribution in [1.29, 1.82) is 0 Å². The molecule has 2 N–H and O–H groups in total. The van der Waals surface area contributed by atoms with Crippen LogP contribution in [-0.2, 0) is 18.4 Å². The molecule has 0 aromatic rings. The SMILES string of the molecule is CC/C=C\C/C=C\C/C=C\C/C=C\C/C=C\C/C=C\C/C=C\C/C=C\C/C=C\C/C=C\CCCCCCCCCCC(=O)NC(COP(=O)([O-])OCC[N+](C)(C)C)C(O)CCCCC. The van der Waals surface area contributed by atoms with Gasteiger partial charge in [-0.1, -0.05) is 193 Å². The molecule has 64 heavy (non-hydrogen) atoms. The number of nitrogens with one attached hydrogen (secondary N) is 1. The number of hydrogen-bond acceptors (Lipinski definition) is 6. The summed E-state index contributed by atoms with van der Waals surface area (Å²) < 4.78 is 22.9. The third-order valence-electron chi connectivity index (χ3n) is 10.2. The molecule has 0 bridgehead atoms. The zero-order chi connectivity index (χ0) is 47.1. The first-order valence-corrected chi connectivity index (χ1v) is 26.3. The van der Waals surface area contributed by atoms with Crippen molar-refractivity contribution in [3.8, 4) is 0 Å². The van der Waals surface area contributed by atoms with E-state index >= 15 is 0 Å². The molecule has 0 aromatic carbocycles. The number of amides is 1. The van der Waals surface area contributed by atoms with Gasteiger partial charge in [0.05, 0.1) is 39.9 Å². The van der Waals surface area contributed by atoms with Gasteiger partial charge in [0.1, 0.15) is 13.2 Å². The average Bonchev–Trinajstić information content (AvgIpc) is 3.25. The summed E-state index contributed by atoms with van der Waals surface area (Å²) in [6.45, 7) is 4.39. The minimum atomic E-state index is -4.55. The summed E-state index contributed by atoms with van der Waals surface area (Å²) in [6.07, 6.45) is 67.5. The van der Waals surface area contributed by atoms with Crippen LogP contribution in [0.3, 0.4) is 0 Å². The number of likely N-dealkylation sites (N-methyl/N-ethyl adjacent to an activating group) is 1. The van der Waals surface area contributed by atoms with Crippen LogP contribution in [0.5, 0.6) is 0 Å². The lowest BCUT2D eigenvalue weighted by Gasteiger charge is -2.30. The van der Waals surface area contributed by atoms with Crippen LogP contribution >= 0.6 is 7.82 Å². The van der Waals surface area contributed by atoms with Crippen molar-refractivity contribution >= 4 is 13.7 Å². The second-order valence-corrected chi connectivity index (χ2v) is 18.8. The van der Waals surface area contributed by atoms with E-state index in [4.69, 9.17) is 9.05 Å². The number of aliphatic hydroxyl groups excluding tert-OH is 1. The number of quaternary nitrogens is 1. The highest BCUT2D eigenvalue weighted by Gasteiger charge is 2.24. The van der Waals surface area contributed by atoms with E-state index in [0.717, 1.165) is 116 Å². The van der Waals surface area contributed by atoms with Gasteiger partial charge in [-0.2, -0.15) is 0 Å². The maximum atomic E-state index is 12.7. The summed E-state index contributed by atoms with van der Waals surface area (Å²) in [5.74, 6) is -0.192. The fourth-order valence-electron chi connectivity index (χ4n) is 6.30. The molecule has 8 nitrogen and oxygen atoms in total.